The van der Waals surface area contributed by atoms with E-state index >= 15 is 0 Å². The van der Waals surface area contributed by atoms with E-state index in [0.717, 1.165) is 25.7 Å². The normalized spacial score (nSPS) is 23.2. The smallest absolute Gasteiger partial charge is 0.229 e. The van der Waals surface area contributed by atoms with Gasteiger partial charge >= 0.3 is 0 Å². The van der Waals surface area contributed by atoms with Crippen LogP contribution in [0.5, 0.6) is 0 Å². The van der Waals surface area contributed by atoms with Gasteiger partial charge < -0.3 is 11.1 Å². The van der Waals surface area contributed by atoms with Gasteiger partial charge in [-0.2, -0.15) is 0 Å². The molecule has 1 aromatic carbocycles. The van der Waals surface area contributed by atoms with Gasteiger partial charge in [-0.25, -0.2) is 4.39 Å². The Bertz CT molecular complexity index is 475. The highest BCUT2D eigenvalue weighted by Gasteiger charge is 2.29. The average Bonchev–Trinajstić information content (AvgIpc) is 2.34. The van der Waals surface area contributed by atoms with Crippen LogP contribution in [-0.2, 0) is 4.79 Å². The highest BCUT2D eigenvalue weighted by atomic mass is 79.9. The van der Waals surface area contributed by atoms with Gasteiger partial charge in [0.25, 0.3) is 0 Å². The maximum absolute atomic E-state index is 13.1. The molecule has 19 heavy (non-hydrogen) atoms. The quantitative estimate of drug-likeness (QED) is 0.855. The summed E-state index contributed by atoms with van der Waals surface area (Å²) >= 11 is 9.13. The highest BCUT2D eigenvalue weighted by Crippen LogP contribution is 2.33. The average molecular weight is 350 g/mol. The van der Waals surface area contributed by atoms with Gasteiger partial charge in [-0.3, -0.25) is 4.79 Å². The summed E-state index contributed by atoms with van der Waals surface area (Å²) in [6.45, 7) is 0. The molecular weight excluding hydrogens is 335 g/mol. The SMILES string of the molecule is NC1CCCCC1C(=O)Nc1c(Cl)cc(F)cc1Br. The molecule has 1 aromatic rings. The molecule has 0 saturated heterocycles. The number of nitrogens with two attached hydrogens (primary N) is 1. The summed E-state index contributed by atoms with van der Waals surface area (Å²) < 4.78 is 13.5. The van der Waals surface area contributed by atoms with Crippen LogP contribution in [0.2, 0.25) is 5.02 Å². The predicted octanol–water partition coefficient (Wildman–Crippen LogP) is 3.70. The molecule has 1 amide bonds. The van der Waals surface area contributed by atoms with Crippen molar-refractivity contribution in [3.8, 4) is 0 Å². The minimum absolute atomic E-state index is 0.119. The predicted molar refractivity (Wildman–Crippen MR) is 77.7 cm³/mol. The molecule has 3 N–H and O–H groups in total. The summed E-state index contributed by atoms with van der Waals surface area (Å²) in [6.07, 6.45) is 3.70. The molecule has 0 heterocycles. The standard InChI is InChI=1S/C13H15BrClFN2O/c14-9-5-7(16)6-10(15)12(9)18-13(19)8-3-1-2-4-11(8)17/h5-6,8,11H,1-4,17H2,(H,18,19). The van der Waals surface area contributed by atoms with Gasteiger partial charge in [0.2, 0.25) is 5.91 Å². The van der Waals surface area contributed by atoms with E-state index in [4.69, 9.17) is 17.3 Å². The van der Waals surface area contributed by atoms with E-state index < -0.39 is 5.82 Å². The second-order valence-corrected chi connectivity index (χ2v) is 6.05. The second kappa shape index (κ2) is 6.20. The summed E-state index contributed by atoms with van der Waals surface area (Å²) in [7, 11) is 0. The lowest BCUT2D eigenvalue weighted by molar-refractivity contribution is -0.121. The third kappa shape index (κ3) is 3.46. The first-order valence-corrected chi connectivity index (χ1v) is 7.37. The summed E-state index contributed by atoms with van der Waals surface area (Å²) in [5, 5.41) is 2.91. The summed E-state index contributed by atoms with van der Waals surface area (Å²) in [5.41, 5.74) is 6.36. The Morgan fingerprint density at radius 2 is 2.11 bits per heavy atom. The summed E-state index contributed by atoms with van der Waals surface area (Å²) in [4.78, 5) is 12.2. The van der Waals surface area contributed by atoms with Crippen LogP contribution in [0.4, 0.5) is 10.1 Å². The topological polar surface area (TPSA) is 55.1 Å². The van der Waals surface area contributed by atoms with Gasteiger partial charge in [0.15, 0.2) is 0 Å². The van der Waals surface area contributed by atoms with E-state index in [1.165, 1.54) is 12.1 Å². The van der Waals surface area contributed by atoms with Crippen LogP contribution in [0.3, 0.4) is 0 Å². The van der Waals surface area contributed by atoms with E-state index in [2.05, 4.69) is 21.2 Å². The maximum atomic E-state index is 13.1. The maximum Gasteiger partial charge on any atom is 0.229 e. The summed E-state index contributed by atoms with van der Waals surface area (Å²) in [6, 6.07) is 2.32. The van der Waals surface area contributed by atoms with Crippen LogP contribution in [-0.4, -0.2) is 11.9 Å². The molecule has 1 aliphatic rings. The number of amides is 1. The van der Waals surface area contributed by atoms with Crippen LogP contribution in [0, 0.1) is 11.7 Å². The van der Waals surface area contributed by atoms with E-state index in [0.29, 0.717) is 10.2 Å². The number of rotatable bonds is 2. The Morgan fingerprint density at radius 1 is 1.42 bits per heavy atom. The fourth-order valence-electron chi connectivity index (χ4n) is 2.36. The van der Waals surface area contributed by atoms with E-state index in [1.807, 2.05) is 0 Å². The van der Waals surface area contributed by atoms with Crippen molar-refractivity contribution < 1.29 is 9.18 Å². The van der Waals surface area contributed by atoms with Gasteiger partial charge in [-0.05, 0) is 40.9 Å². The van der Waals surface area contributed by atoms with Crippen LogP contribution in [0.15, 0.2) is 16.6 Å². The van der Waals surface area contributed by atoms with Gasteiger partial charge in [0, 0.05) is 10.5 Å². The molecule has 0 bridgehead atoms. The minimum atomic E-state index is -0.454. The van der Waals surface area contributed by atoms with Crippen molar-refractivity contribution in [3.63, 3.8) is 0 Å². The molecule has 1 aliphatic carbocycles. The fraction of sp³-hybridized carbons (Fsp3) is 0.462. The first kappa shape index (κ1) is 14.8. The third-order valence-electron chi connectivity index (χ3n) is 3.41. The molecule has 104 valence electrons. The molecular formula is C13H15BrClFN2O. The molecule has 2 atom stereocenters. The number of carbonyl (C=O) groups is 1. The molecule has 3 nitrogen and oxygen atoms in total. The molecule has 0 radical (unpaired) electrons. The molecule has 0 aliphatic heterocycles. The van der Waals surface area contributed by atoms with Gasteiger partial charge in [-0.15, -0.1) is 0 Å². The first-order chi connectivity index (χ1) is 8.99. The number of hydrogen-bond donors (Lipinski definition) is 2. The number of nitrogens with one attached hydrogen (secondary N) is 1. The van der Waals surface area contributed by atoms with Crippen molar-refractivity contribution in [1.29, 1.82) is 0 Å². The fourth-order valence-corrected chi connectivity index (χ4v) is 3.26. The number of halogens is 3. The van der Waals surface area contributed by atoms with E-state index in [1.54, 1.807) is 0 Å². The van der Waals surface area contributed by atoms with Crippen LogP contribution >= 0.6 is 27.5 Å². The minimum Gasteiger partial charge on any atom is -0.327 e. The van der Waals surface area contributed by atoms with Crippen LogP contribution < -0.4 is 11.1 Å². The highest BCUT2D eigenvalue weighted by molar-refractivity contribution is 9.10. The van der Waals surface area contributed by atoms with Crippen molar-refractivity contribution in [3.05, 3.63) is 27.4 Å². The molecule has 0 spiro atoms. The van der Waals surface area contributed by atoms with Crippen molar-refractivity contribution in [2.24, 2.45) is 11.7 Å². The molecule has 6 heteroatoms. The van der Waals surface area contributed by atoms with E-state index in [-0.39, 0.29) is 22.9 Å². The lowest BCUT2D eigenvalue weighted by Gasteiger charge is -2.27. The van der Waals surface area contributed by atoms with Crippen molar-refractivity contribution >= 4 is 39.1 Å². The third-order valence-corrected chi connectivity index (χ3v) is 4.33. The van der Waals surface area contributed by atoms with Gasteiger partial charge in [-0.1, -0.05) is 24.4 Å². The Kier molecular flexibility index (Phi) is 4.81. The van der Waals surface area contributed by atoms with Gasteiger partial charge in [0.1, 0.15) is 5.82 Å². The molecule has 2 unspecified atom stereocenters. The molecule has 1 saturated carbocycles. The van der Waals surface area contributed by atoms with Crippen LogP contribution in [0.1, 0.15) is 25.7 Å². The van der Waals surface area contributed by atoms with Crippen molar-refractivity contribution in [1.82, 2.24) is 0 Å². The zero-order valence-corrected chi connectivity index (χ0v) is 12.6. The summed E-state index contributed by atoms with van der Waals surface area (Å²) in [5.74, 6) is -0.813. The lowest BCUT2D eigenvalue weighted by Crippen LogP contribution is -2.40. The Labute approximate surface area is 124 Å². The lowest BCUT2D eigenvalue weighted by atomic mass is 9.84. The number of anilines is 1. The zero-order valence-electron chi connectivity index (χ0n) is 10.3. The first-order valence-electron chi connectivity index (χ1n) is 6.20. The zero-order chi connectivity index (χ0) is 14.0. The number of hydrogen-bond acceptors (Lipinski definition) is 2. The number of benzene rings is 1. The van der Waals surface area contributed by atoms with E-state index in [9.17, 15) is 9.18 Å². The molecule has 2 rings (SSSR count). The molecule has 0 aromatic heterocycles. The van der Waals surface area contributed by atoms with Gasteiger partial charge in [0.05, 0.1) is 16.6 Å². The number of carbonyl (C=O) groups excluding carboxylic acids is 1. The Balaban J connectivity index is 2.14. The molecule has 1 fully saturated rings. The Morgan fingerprint density at radius 3 is 2.74 bits per heavy atom. The van der Waals surface area contributed by atoms with Crippen molar-refractivity contribution in [2.75, 3.05) is 5.32 Å². The largest absolute Gasteiger partial charge is 0.327 e. The monoisotopic (exact) mass is 348 g/mol. The Hall–Kier alpha value is -0.650. The second-order valence-electron chi connectivity index (χ2n) is 4.79. The van der Waals surface area contributed by atoms with Crippen LogP contribution in [0.25, 0.3) is 0 Å². The van der Waals surface area contributed by atoms with Crippen molar-refractivity contribution in [2.45, 2.75) is 31.7 Å².